The molecule has 0 bridgehead atoms. The van der Waals surface area contributed by atoms with Crippen LogP contribution in [0.4, 0.5) is 0 Å². The molecule has 0 aromatic heterocycles. The van der Waals surface area contributed by atoms with Crippen LogP contribution in [0.5, 0.6) is 0 Å². The van der Waals surface area contributed by atoms with E-state index in [1.165, 1.54) is 12.8 Å². The van der Waals surface area contributed by atoms with Crippen LogP contribution >= 0.6 is 0 Å². The number of quaternary nitrogens is 1. The molecule has 3 atom stereocenters. The van der Waals surface area contributed by atoms with E-state index >= 15 is 0 Å². The van der Waals surface area contributed by atoms with E-state index < -0.39 is 6.04 Å². The highest BCUT2D eigenvalue weighted by Gasteiger charge is 2.45. The fourth-order valence-corrected chi connectivity index (χ4v) is 4.50. The second-order valence-corrected chi connectivity index (χ2v) is 7.52. The van der Waals surface area contributed by atoms with Gasteiger partial charge in [0.2, 0.25) is 0 Å². The lowest BCUT2D eigenvalue weighted by Crippen LogP contribution is -2.59. The predicted octanol–water partition coefficient (Wildman–Crippen LogP) is 4.06. The summed E-state index contributed by atoms with van der Waals surface area (Å²) in [6.07, 6.45) is 8.33. The molecule has 1 amide bonds. The van der Waals surface area contributed by atoms with Crippen molar-refractivity contribution in [1.29, 1.82) is 0 Å². The second kappa shape index (κ2) is 7.66. The Kier molecular flexibility index (Phi) is 5.57. The van der Waals surface area contributed by atoms with Crippen LogP contribution in [0.3, 0.4) is 0 Å². The molecule has 0 unspecified atom stereocenters. The largest absolute Gasteiger partial charge is 0.632 e. The Morgan fingerprint density at radius 3 is 2.42 bits per heavy atom. The monoisotopic (exact) mass is 330 g/mol. The summed E-state index contributed by atoms with van der Waals surface area (Å²) in [7, 11) is 0. The maximum absolute atomic E-state index is 13.6. The van der Waals surface area contributed by atoms with Crippen LogP contribution in [0.25, 0.3) is 0 Å². The Morgan fingerprint density at radius 1 is 1.08 bits per heavy atom. The lowest BCUT2D eigenvalue weighted by atomic mass is 10.0. The number of rotatable bonds is 4. The number of likely N-dealkylation sites (tertiary alicyclic amines) is 1. The van der Waals surface area contributed by atoms with E-state index in [0.29, 0.717) is 6.54 Å². The Bertz CT molecular complexity index is 540. The SMILES string of the molecule is C[C@@H](NC(=O)[C@@H]1CCC[N@@+]1([O-])C1CCCCCC1)c1ccccc1. The number of nitrogens with one attached hydrogen (secondary N) is 1. The van der Waals surface area contributed by atoms with Crippen molar-refractivity contribution in [3.8, 4) is 0 Å². The summed E-state index contributed by atoms with van der Waals surface area (Å²) in [5, 5.41) is 16.7. The van der Waals surface area contributed by atoms with Gasteiger partial charge in [0.1, 0.15) is 0 Å². The molecule has 4 nitrogen and oxygen atoms in total. The molecule has 1 aromatic carbocycles. The highest BCUT2D eigenvalue weighted by molar-refractivity contribution is 5.81. The molecule has 132 valence electrons. The number of carbonyl (C=O) groups excluding carboxylic acids is 1. The van der Waals surface area contributed by atoms with Gasteiger partial charge in [0.05, 0.1) is 18.6 Å². The van der Waals surface area contributed by atoms with Crippen molar-refractivity contribution >= 4 is 5.91 Å². The smallest absolute Gasteiger partial charge is 0.279 e. The lowest BCUT2D eigenvalue weighted by molar-refractivity contribution is -0.909. The minimum Gasteiger partial charge on any atom is -0.632 e. The van der Waals surface area contributed by atoms with Gasteiger partial charge in [0.15, 0.2) is 6.04 Å². The molecule has 1 aliphatic heterocycles. The van der Waals surface area contributed by atoms with Gasteiger partial charge in [-0.05, 0) is 38.2 Å². The third-order valence-corrected chi connectivity index (χ3v) is 5.92. The minimum atomic E-state index is -0.417. The lowest BCUT2D eigenvalue weighted by Gasteiger charge is -2.49. The molecule has 4 heteroatoms. The topological polar surface area (TPSA) is 52.2 Å². The summed E-state index contributed by atoms with van der Waals surface area (Å²) >= 11 is 0. The summed E-state index contributed by atoms with van der Waals surface area (Å²) in [4.78, 5) is 12.8. The second-order valence-electron chi connectivity index (χ2n) is 7.52. The molecule has 1 aliphatic carbocycles. The number of amides is 1. The van der Waals surface area contributed by atoms with Crippen molar-refractivity contribution in [3.05, 3.63) is 41.1 Å². The van der Waals surface area contributed by atoms with Gasteiger partial charge in [-0.25, -0.2) is 0 Å². The van der Waals surface area contributed by atoms with Gasteiger partial charge in [-0.3, -0.25) is 4.79 Å². The van der Waals surface area contributed by atoms with Crippen molar-refractivity contribution < 1.29 is 9.44 Å². The van der Waals surface area contributed by atoms with Crippen molar-refractivity contribution in [2.45, 2.75) is 76.4 Å². The van der Waals surface area contributed by atoms with Crippen LogP contribution in [0.1, 0.15) is 69.9 Å². The first-order valence-electron chi connectivity index (χ1n) is 9.55. The number of hydrogen-bond donors (Lipinski definition) is 1. The van der Waals surface area contributed by atoms with E-state index in [9.17, 15) is 10.0 Å². The minimum absolute atomic E-state index is 0.0527. The normalized spacial score (nSPS) is 29.8. The molecule has 24 heavy (non-hydrogen) atoms. The summed E-state index contributed by atoms with van der Waals surface area (Å²) in [5.74, 6) is -0.0527. The van der Waals surface area contributed by atoms with E-state index in [4.69, 9.17) is 0 Å². The number of hydrogen-bond acceptors (Lipinski definition) is 2. The maximum Gasteiger partial charge on any atom is 0.279 e. The number of carbonyl (C=O) groups is 1. The zero-order valence-electron chi connectivity index (χ0n) is 14.7. The Labute approximate surface area is 145 Å². The van der Waals surface area contributed by atoms with Gasteiger partial charge >= 0.3 is 0 Å². The Morgan fingerprint density at radius 2 is 1.75 bits per heavy atom. The van der Waals surface area contributed by atoms with E-state index in [1.807, 2.05) is 37.3 Å². The van der Waals surface area contributed by atoms with Crippen molar-refractivity contribution in [3.63, 3.8) is 0 Å². The highest BCUT2D eigenvalue weighted by Crippen LogP contribution is 2.36. The standard InChI is InChI=1S/C20H30N2O2/c1-16(17-10-5-4-6-11-17)21-20(23)19-14-9-15-22(19,24)18-12-7-2-3-8-13-18/h4-6,10-11,16,18-19H,2-3,7-9,12-15H2,1H3,(H,21,23)/t16-,19+,22-/m1/s1. The molecule has 1 saturated heterocycles. The van der Waals surface area contributed by atoms with E-state index in [2.05, 4.69) is 5.32 Å². The summed E-state index contributed by atoms with van der Waals surface area (Å²) in [6.45, 7) is 2.61. The molecule has 1 aromatic rings. The average Bonchev–Trinajstić information content (AvgIpc) is 2.82. The summed E-state index contributed by atoms with van der Waals surface area (Å²) < 4.78 is -0.270. The van der Waals surface area contributed by atoms with Gasteiger partial charge in [-0.1, -0.05) is 43.2 Å². The molecule has 2 aliphatic rings. The number of hydroxylamine groups is 3. The van der Waals surface area contributed by atoms with Gasteiger partial charge in [-0.2, -0.15) is 0 Å². The molecule has 3 rings (SSSR count). The Hall–Kier alpha value is -1.39. The van der Waals surface area contributed by atoms with E-state index in [0.717, 1.165) is 44.1 Å². The Balaban J connectivity index is 1.68. The molecule has 0 spiro atoms. The zero-order chi connectivity index (χ0) is 17.0. The first kappa shape index (κ1) is 17.4. The van der Waals surface area contributed by atoms with Crippen LogP contribution in [0.2, 0.25) is 0 Å². The van der Waals surface area contributed by atoms with Crippen LogP contribution in [-0.4, -0.2) is 29.2 Å². The first-order chi connectivity index (χ1) is 11.6. The van der Waals surface area contributed by atoms with Crippen LogP contribution in [0.15, 0.2) is 30.3 Å². The third kappa shape index (κ3) is 3.65. The summed E-state index contributed by atoms with van der Waals surface area (Å²) in [5.41, 5.74) is 1.09. The van der Waals surface area contributed by atoms with Crippen molar-refractivity contribution in [2.75, 3.05) is 6.54 Å². The van der Waals surface area contributed by atoms with Crippen LogP contribution in [-0.2, 0) is 4.79 Å². The first-order valence-corrected chi connectivity index (χ1v) is 9.55. The van der Waals surface area contributed by atoms with Crippen molar-refractivity contribution in [1.82, 2.24) is 5.32 Å². The van der Waals surface area contributed by atoms with Gasteiger partial charge < -0.3 is 15.2 Å². The third-order valence-electron chi connectivity index (χ3n) is 5.92. The molecular formula is C20H30N2O2. The maximum atomic E-state index is 13.6. The molecule has 2 fully saturated rings. The molecule has 1 N–H and O–H groups in total. The summed E-state index contributed by atoms with van der Waals surface area (Å²) in [6, 6.07) is 9.62. The van der Waals surface area contributed by atoms with Crippen molar-refractivity contribution in [2.24, 2.45) is 0 Å². The van der Waals surface area contributed by atoms with Gasteiger partial charge in [0.25, 0.3) is 5.91 Å². The molecule has 1 heterocycles. The van der Waals surface area contributed by atoms with Gasteiger partial charge in [0, 0.05) is 12.8 Å². The quantitative estimate of drug-likeness (QED) is 0.514. The predicted molar refractivity (Wildman–Crippen MR) is 96.0 cm³/mol. The van der Waals surface area contributed by atoms with E-state index in [1.54, 1.807) is 0 Å². The number of benzene rings is 1. The molecular weight excluding hydrogens is 300 g/mol. The van der Waals surface area contributed by atoms with Crippen LogP contribution in [0, 0.1) is 5.21 Å². The fourth-order valence-electron chi connectivity index (χ4n) is 4.50. The van der Waals surface area contributed by atoms with E-state index in [-0.39, 0.29) is 22.6 Å². The van der Waals surface area contributed by atoms with Crippen LogP contribution < -0.4 is 5.32 Å². The average molecular weight is 330 g/mol. The zero-order valence-corrected chi connectivity index (χ0v) is 14.7. The van der Waals surface area contributed by atoms with Gasteiger partial charge in [-0.15, -0.1) is 0 Å². The highest BCUT2D eigenvalue weighted by atomic mass is 16.6. The fraction of sp³-hybridized carbons (Fsp3) is 0.650. The molecule has 0 radical (unpaired) electrons. The molecule has 1 saturated carbocycles. The number of nitrogens with zero attached hydrogens (tertiary/aromatic N) is 1.